The Hall–Kier alpha value is -0.0800. The van der Waals surface area contributed by atoms with Gasteiger partial charge in [-0.1, -0.05) is 17.7 Å². The third-order valence-corrected chi connectivity index (χ3v) is 4.01. The highest BCUT2D eigenvalue weighted by molar-refractivity contribution is 8.01. The average Bonchev–Trinajstić information content (AvgIpc) is 2.09. The molecule has 0 heterocycles. The molecule has 0 aliphatic carbocycles. The molecule has 0 nitrogen and oxygen atoms in total. The molecule has 1 rings (SSSR count). The molecule has 0 aliphatic rings. The van der Waals surface area contributed by atoms with Crippen LogP contribution in [0.3, 0.4) is 0 Å². The average molecular weight is 212 g/mol. The minimum atomic E-state index is 0.221. The summed E-state index contributed by atoms with van der Waals surface area (Å²) in [6.07, 6.45) is 0. The Labute approximate surface area is 90.5 Å². The number of aryl methyl sites for hydroxylation is 1. The van der Waals surface area contributed by atoms with Crippen molar-refractivity contribution in [2.45, 2.75) is 30.4 Å². The molecule has 13 heavy (non-hydrogen) atoms. The second kappa shape index (κ2) is 4.43. The summed E-state index contributed by atoms with van der Waals surface area (Å²) < 4.78 is 0.221. The summed E-state index contributed by atoms with van der Waals surface area (Å²) in [5, 5.41) is 0. The van der Waals surface area contributed by atoms with E-state index in [0.29, 0.717) is 0 Å². The summed E-state index contributed by atoms with van der Waals surface area (Å²) in [5.74, 6) is 0.894. The van der Waals surface area contributed by atoms with Crippen molar-refractivity contribution in [3.63, 3.8) is 0 Å². The van der Waals surface area contributed by atoms with E-state index in [1.165, 1.54) is 10.5 Å². The van der Waals surface area contributed by atoms with Crippen LogP contribution in [0.25, 0.3) is 0 Å². The molecule has 0 aromatic heterocycles. The van der Waals surface area contributed by atoms with E-state index < -0.39 is 0 Å². The maximum atomic E-state index is 4.33. The molecule has 0 fully saturated rings. The van der Waals surface area contributed by atoms with Crippen molar-refractivity contribution >= 4 is 24.4 Å². The molecule has 0 saturated carbocycles. The van der Waals surface area contributed by atoms with Gasteiger partial charge in [0.1, 0.15) is 0 Å². The van der Waals surface area contributed by atoms with Crippen molar-refractivity contribution < 1.29 is 0 Å². The molecule has 0 atom stereocenters. The maximum Gasteiger partial charge on any atom is 0.0238 e. The zero-order chi connectivity index (χ0) is 9.90. The van der Waals surface area contributed by atoms with E-state index in [4.69, 9.17) is 0 Å². The first kappa shape index (κ1) is 11.0. The monoisotopic (exact) mass is 212 g/mol. The third kappa shape index (κ3) is 3.65. The van der Waals surface area contributed by atoms with E-state index in [2.05, 4.69) is 57.7 Å². The topological polar surface area (TPSA) is 0 Å². The van der Waals surface area contributed by atoms with Gasteiger partial charge in [0, 0.05) is 15.4 Å². The Kier molecular flexibility index (Phi) is 3.74. The Morgan fingerprint density at radius 1 is 1.23 bits per heavy atom. The first-order valence-corrected chi connectivity index (χ1v) is 5.85. The van der Waals surface area contributed by atoms with E-state index >= 15 is 0 Å². The number of hydrogen-bond donors (Lipinski definition) is 1. The molecule has 0 saturated heterocycles. The minimum Gasteiger partial charge on any atom is -0.178 e. The molecule has 0 bridgehead atoms. The van der Waals surface area contributed by atoms with Crippen LogP contribution in [0.15, 0.2) is 29.2 Å². The van der Waals surface area contributed by atoms with E-state index in [1.54, 1.807) is 0 Å². The number of thioether (sulfide) groups is 1. The number of rotatable bonds is 3. The van der Waals surface area contributed by atoms with Crippen molar-refractivity contribution in [3.05, 3.63) is 29.8 Å². The van der Waals surface area contributed by atoms with E-state index in [0.717, 1.165) is 5.75 Å². The maximum absolute atomic E-state index is 4.33. The van der Waals surface area contributed by atoms with Crippen molar-refractivity contribution in [1.82, 2.24) is 0 Å². The van der Waals surface area contributed by atoms with Crippen LogP contribution in [0, 0.1) is 6.92 Å². The van der Waals surface area contributed by atoms with Gasteiger partial charge in [0.05, 0.1) is 0 Å². The zero-order valence-electron chi connectivity index (χ0n) is 8.37. The van der Waals surface area contributed by atoms with Gasteiger partial charge < -0.3 is 0 Å². The predicted molar refractivity (Wildman–Crippen MR) is 65.0 cm³/mol. The molecule has 1 aromatic carbocycles. The Bertz CT molecular complexity index is 262. The third-order valence-electron chi connectivity index (χ3n) is 1.80. The largest absolute Gasteiger partial charge is 0.178 e. The fourth-order valence-electron chi connectivity index (χ4n) is 0.958. The molecule has 1 aromatic rings. The van der Waals surface area contributed by atoms with E-state index in [-0.39, 0.29) is 4.75 Å². The summed E-state index contributed by atoms with van der Waals surface area (Å²) in [6, 6.07) is 8.64. The van der Waals surface area contributed by atoms with Gasteiger partial charge in [-0.15, -0.1) is 11.8 Å². The highest BCUT2D eigenvalue weighted by Gasteiger charge is 2.16. The summed E-state index contributed by atoms with van der Waals surface area (Å²) in [6.45, 7) is 6.53. The van der Waals surface area contributed by atoms with Gasteiger partial charge in [-0.25, -0.2) is 0 Å². The van der Waals surface area contributed by atoms with Gasteiger partial charge in [0.15, 0.2) is 0 Å². The Morgan fingerprint density at radius 2 is 1.77 bits per heavy atom. The van der Waals surface area contributed by atoms with Gasteiger partial charge in [-0.2, -0.15) is 12.6 Å². The molecule has 72 valence electrons. The standard InChI is InChI=1S/C11H16S2/c1-9-4-6-10(7-5-9)13-11(2,3)8-12/h4-7,12H,8H2,1-3H3. The van der Waals surface area contributed by atoms with Crippen LogP contribution in [0.5, 0.6) is 0 Å². The minimum absolute atomic E-state index is 0.221. The van der Waals surface area contributed by atoms with Crippen molar-refractivity contribution in [2.75, 3.05) is 5.75 Å². The lowest BCUT2D eigenvalue weighted by molar-refractivity contribution is 0.819. The first-order chi connectivity index (χ1) is 6.03. The highest BCUT2D eigenvalue weighted by atomic mass is 32.2. The molecule has 0 unspecified atom stereocenters. The second-order valence-corrected chi connectivity index (χ2v) is 5.93. The van der Waals surface area contributed by atoms with Crippen LogP contribution >= 0.6 is 24.4 Å². The summed E-state index contributed by atoms with van der Waals surface area (Å²) >= 11 is 6.21. The van der Waals surface area contributed by atoms with Crippen LogP contribution in [0.1, 0.15) is 19.4 Å². The lowest BCUT2D eigenvalue weighted by Crippen LogP contribution is -2.16. The molecule has 2 heteroatoms. The molecule has 0 amide bonds. The SMILES string of the molecule is Cc1ccc(SC(C)(C)CS)cc1. The van der Waals surface area contributed by atoms with Crippen LogP contribution in [-0.4, -0.2) is 10.5 Å². The van der Waals surface area contributed by atoms with Crippen molar-refractivity contribution in [2.24, 2.45) is 0 Å². The number of benzene rings is 1. The van der Waals surface area contributed by atoms with E-state index in [9.17, 15) is 0 Å². The number of thiol groups is 1. The predicted octanol–water partition coefficient (Wildman–Crippen LogP) is 3.80. The molecular formula is C11H16S2. The summed E-state index contributed by atoms with van der Waals surface area (Å²) in [7, 11) is 0. The quantitative estimate of drug-likeness (QED) is 0.587. The molecular weight excluding hydrogens is 196 g/mol. The van der Waals surface area contributed by atoms with Crippen LogP contribution in [0.4, 0.5) is 0 Å². The summed E-state index contributed by atoms with van der Waals surface area (Å²) in [5.41, 5.74) is 1.31. The van der Waals surface area contributed by atoms with Crippen LogP contribution < -0.4 is 0 Å². The van der Waals surface area contributed by atoms with Gasteiger partial charge >= 0.3 is 0 Å². The van der Waals surface area contributed by atoms with Gasteiger partial charge in [-0.3, -0.25) is 0 Å². The van der Waals surface area contributed by atoms with Crippen LogP contribution in [0.2, 0.25) is 0 Å². The van der Waals surface area contributed by atoms with Gasteiger partial charge in [-0.05, 0) is 32.9 Å². The first-order valence-electron chi connectivity index (χ1n) is 4.40. The van der Waals surface area contributed by atoms with E-state index in [1.807, 2.05) is 11.8 Å². The molecule has 0 radical (unpaired) electrons. The normalized spacial score (nSPS) is 11.7. The lowest BCUT2D eigenvalue weighted by Gasteiger charge is -2.21. The molecule has 0 N–H and O–H groups in total. The van der Waals surface area contributed by atoms with Crippen LogP contribution in [-0.2, 0) is 0 Å². The highest BCUT2D eigenvalue weighted by Crippen LogP contribution is 2.32. The fourth-order valence-corrected chi connectivity index (χ4v) is 2.13. The smallest absolute Gasteiger partial charge is 0.0238 e. The van der Waals surface area contributed by atoms with Gasteiger partial charge in [0.2, 0.25) is 0 Å². The number of hydrogen-bond acceptors (Lipinski definition) is 2. The zero-order valence-corrected chi connectivity index (χ0v) is 10.1. The summed E-state index contributed by atoms with van der Waals surface area (Å²) in [4.78, 5) is 1.32. The Balaban J connectivity index is 2.69. The lowest BCUT2D eigenvalue weighted by atomic mass is 10.2. The van der Waals surface area contributed by atoms with Gasteiger partial charge in [0.25, 0.3) is 0 Å². The molecule has 0 aliphatic heterocycles. The molecule has 0 spiro atoms. The second-order valence-electron chi connectivity index (χ2n) is 3.83. The van der Waals surface area contributed by atoms with Crippen molar-refractivity contribution in [3.8, 4) is 0 Å². The fraction of sp³-hybridized carbons (Fsp3) is 0.455. The van der Waals surface area contributed by atoms with Crippen molar-refractivity contribution in [1.29, 1.82) is 0 Å². The Morgan fingerprint density at radius 3 is 2.23 bits per heavy atom.